The second kappa shape index (κ2) is 5.93. The van der Waals surface area contributed by atoms with E-state index in [1.54, 1.807) is 0 Å². The van der Waals surface area contributed by atoms with Crippen molar-refractivity contribution < 1.29 is 22.7 Å². The van der Waals surface area contributed by atoms with Crippen LogP contribution < -0.4 is 11.1 Å². The molecule has 2 rings (SSSR count). The van der Waals surface area contributed by atoms with Gasteiger partial charge < -0.3 is 15.8 Å². The number of alkyl halides is 3. The number of nitrogen functional groups attached to an aromatic ring is 1. The summed E-state index contributed by atoms with van der Waals surface area (Å²) in [6.07, 6.45) is -3.47. The molecule has 0 aromatic heterocycles. The maximum absolute atomic E-state index is 12.8. The molecule has 1 aromatic carbocycles. The number of anilines is 2. The van der Waals surface area contributed by atoms with E-state index in [4.69, 9.17) is 10.5 Å². The normalized spacial score (nSPS) is 22.3. The molecule has 2 atom stereocenters. The van der Waals surface area contributed by atoms with Crippen LogP contribution in [0.1, 0.15) is 25.3 Å². The maximum atomic E-state index is 12.8. The second-order valence-corrected chi connectivity index (χ2v) is 5.00. The topological polar surface area (TPSA) is 64.3 Å². The molecule has 7 heteroatoms. The van der Waals surface area contributed by atoms with Crippen molar-refractivity contribution in [3.63, 3.8) is 0 Å². The van der Waals surface area contributed by atoms with Gasteiger partial charge in [-0.3, -0.25) is 4.79 Å². The van der Waals surface area contributed by atoms with E-state index in [1.165, 1.54) is 6.07 Å². The molecule has 116 valence electrons. The highest BCUT2D eigenvalue weighted by atomic mass is 19.4. The number of ether oxygens (including phenoxy) is 1. The van der Waals surface area contributed by atoms with Crippen molar-refractivity contribution in [1.82, 2.24) is 0 Å². The van der Waals surface area contributed by atoms with Gasteiger partial charge in [0.15, 0.2) is 0 Å². The Hall–Kier alpha value is -1.76. The third-order valence-electron chi connectivity index (χ3n) is 3.57. The zero-order valence-corrected chi connectivity index (χ0v) is 11.5. The number of nitrogens with two attached hydrogens (primary N) is 1. The van der Waals surface area contributed by atoms with Crippen LogP contribution in [0.25, 0.3) is 0 Å². The van der Waals surface area contributed by atoms with Crippen molar-refractivity contribution >= 4 is 17.3 Å². The lowest BCUT2D eigenvalue weighted by Gasteiger charge is -2.17. The Kier molecular flexibility index (Phi) is 4.41. The zero-order chi connectivity index (χ0) is 15.6. The Labute approximate surface area is 120 Å². The molecular formula is C14H17F3N2O2. The van der Waals surface area contributed by atoms with Crippen LogP contribution in [0.15, 0.2) is 18.2 Å². The number of halogens is 3. The molecular weight excluding hydrogens is 285 g/mol. The minimum absolute atomic E-state index is 0.0864. The lowest BCUT2D eigenvalue weighted by Crippen LogP contribution is -2.29. The quantitative estimate of drug-likeness (QED) is 0.844. The highest BCUT2D eigenvalue weighted by Crippen LogP contribution is 2.35. The molecule has 0 aliphatic carbocycles. The summed E-state index contributed by atoms with van der Waals surface area (Å²) in [5.41, 5.74) is 4.09. The molecule has 1 aromatic rings. The molecule has 0 saturated carbocycles. The van der Waals surface area contributed by atoms with Crippen molar-refractivity contribution in [1.29, 1.82) is 0 Å². The predicted octanol–water partition coefficient (Wildman–Crippen LogP) is 3.04. The fourth-order valence-electron chi connectivity index (χ4n) is 2.47. The molecule has 1 aliphatic rings. The molecule has 1 heterocycles. The highest BCUT2D eigenvalue weighted by molar-refractivity contribution is 5.93. The number of amides is 1. The van der Waals surface area contributed by atoms with Crippen LogP contribution in [-0.2, 0) is 15.7 Å². The number of carbonyl (C=O) groups is 1. The summed E-state index contributed by atoms with van der Waals surface area (Å²) < 4.78 is 43.7. The number of hydrogen-bond acceptors (Lipinski definition) is 3. The van der Waals surface area contributed by atoms with Crippen LogP contribution in [0.4, 0.5) is 24.5 Å². The number of carbonyl (C=O) groups excluding carboxylic acids is 1. The minimum Gasteiger partial charge on any atom is -0.398 e. The highest BCUT2D eigenvalue weighted by Gasteiger charge is 2.35. The number of benzene rings is 1. The van der Waals surface area contributed by atoms with E-state index in [0.717, 1.165) is 12.1 Å². The van der Waals surface area contributed by atoms with Gasteiger partial charge in [0.2, 0.25) is 5.91 Å². The predicted molar refractivity (Wildman–Crippen MR) is 72.6 cm³/mol. The van der Waals surface area contributed by atoms with E-state index in [0.29, 0.717) is 19.4 Å². The molecule has 0 radical (unpaired) electrons. The van der Waals surface area contributed by atoms with Gasteiger partial charge in [-0.05, 0) is 31.0 Å². The first-order chi connectivity index (χ1) is 9.82. The fraction of sp³-hybridized carbons (Fsp3) is 0.500. The summed E-state index contributed by atoms with van der Waals surface area (Å²) in [5.74, 6) is -0.654. The summed E-state index contributed by atoms with van der Waals surface area (Å²) >= 11 is 0. The van der Waals surface area contributed by atoms with E-state index in [-0.39, 0.29) is 29.3 Å². The first-order valence-corrected chi connectivity index (χ1v) is 6.72. The lowest BCUT2D eigenvalue weighted by molar-refractivity contribution is -0.137. The molecule has 21 heavy (non-hydrogen) atoms. The van der Waals surface area contributed by atoms with Crippen molar-refractivity contribution in [2.45, 2.75) is 32.0 Å². The zero-order valence-electron chi connectivity index (χ0n) is 11.5. The summed E-state index contributed by atoms with van der Waals surface area (Å²) in [5, 5.41) is 2.51. The Morgan fingerprint density at radius 1 is 1.48 bits per heavy atom. The van der Waals surface area contributed by atoms with Crippen molar-refractivity contribution in [2.24, 2.45) is 5.92 Å². The van der Waals surface area contributed by atoms with Gasteiger partial charge in [-0.2, -0.15) is 13.2 Å². The molecule has 0 bridgehead atoms. The van der Waals surface area contributed by atoms with E-state index in [2.05, 4.69) is 5.32 Å². The lowest BCUT2D eigenvalue weighted by atomic mass is 9.98. The van der Waals surface area contributed by atoms with Gasteiger partial charge in [0.25, 0.3) is 0 Å². The number of nitrogens with one attached hydrogen (secondary N) is 1. The number of hydrogen-bond donors (Lipinski definition) is 2. The van der Waals surface area contributed by atoms with E-state index in [9.17, 15) is 18.0 Å². The van der Waals surface area contributed by atoms with Gasteiger partial charge in [0.1, 0.15) is 0 Å². The Bertz CT molecular complexity index is 531. The third-order valence-corrected chi connectivity index (χ3v) is 3.57. The summed E-state index contributed by atoms with van der Waals surface area (Å²) in [7, 11) is 0. The summed E-state index contributed by atoms with van der Waals surface area (Å²) in [6, 6.07) is 3.35. The first kappa shape index (κ1) is 15.6. The monoisotopic (exact) mass is 302 g/mol. The van der Waals surface area contributed by atoms with Crippen molar-refractivity contribution in [2.75, 3.05) is 17.7 Å². The molecule has 4 nitrogen and oxygen atoms in total. The Morgan fingerprint density at radius 2 is 2.19 bits per heavy atom. The van der Waals surface area contributed by atoms with Crippen LogP contribution in [-0.4, -0.2) is 18.6 Å². The molecule has 0 spiro atoms. The van der Waals surface area contributed by atoms with Gasteiger partial charge in [-0.1, -0.05) is 6.92 Å². The molecule has 3 N–H and O–H groups in total. The van der Waals surface area contributed by atoms with E-state index >= 15 is 0 Å². The van der Waals surface area contributed by atoms with Crippen LogP contribution in [0.3, 0.4) is 0 Å². The van der Waals surface area contributed by atoms with Gasteiger partial charge in [-0.15, -0.1) is 0 Å². The van der Waals surface area contributed by atoms with Gasteiger partial charge >= 0.3 is 6.18 Å². The molecule has 2 unspecified atom stereocenters. The molecule has 1 amide bonds. The molecule has 1 aliphatic heterocycles. The van der Waals surface area contributed by atoms with Crippen LogP contribution in [0.2, 0.25) is 0 Å². The van der Waals surface area contributed by atoms with Crippen LogP contribution in [0.5, 0.6) is 0 Å². The first-order valence-electron chi connectivity index (χ1n) is 6.72. The van der Waals surface area contributed by atoms with Gasteiger partial charge in [0, 0.05) is 18.0 Å². The van der Waals surface area contributed by atoms with Crippen molar-refractivity contribution in [3.8, 4) is 0 Å². The molecule has 1 saturated heterocycles. The summed E-state index contributed by atoms with van der Waals surface area (Å²) in [6.45, 7) is 2.40. The Balaban J connectivity index is 2.15. The summed E-state index contributed by atoms with van der Waals surface area (Å²) in [4.78, 5) is 12.1. The number of rotatable bonds is 3. The average molecular weight is 302 g/mol. The van der Waals surface area contributed by atoms with Crippen LogP contribution in [0, 0.1) is 5.92 Å². The molecule has 1 fully saturated rings. The largest absolute Gasteiger partial charge is 0.418 e. The smallest absolute Gasteiger partial charge is 0.398 e. The Morgan fingerprint density at radius 3 is 2.81 bits per heavy atom. The third kappa shape index (κ3) is 3.47. The van der Waals surface area contributed by atoms with E-state index < -0.39 is 11.7 Å². The van der Waals surface area contributed by atoms with Crippen LogP contribution >= 0.6 is 0 Å². The van der Waals surface area contributed by atoms with E-state index in [1.807, 2.05) is 6.92 Å². The SMILES string of the molecule is CCC1OCCC1C(=O)Nc1ccc(N)c(C(F)(F)F)c1. The van der Waals surface area contributed by atoms with Gasteiger partial charge in [-0.25, -0.2) is 0 Å². The fourth-order valence-corrected chi connectivity index (χ4v) is 2.47. The minimum atomic E-state index is -4.55. The maximum Gasteiger partial charge on any atom is 0.418 e. The van der Waals surface area contributed by atoms with Crippen molar-refractivity contribution in [3.05, 3.63) is 23.8 Å². The average Bonchev–Trinajstić information content (AvgIpc) is 2.88. The van der Waals surface area contributed by atoms with Gasteiger partial charge in [0.05, 0.1) is 17.6 Å². The second-order valence-electron chi connectivity index (χ2n) is 5.00. The standard InChI is InChI=1S/C14H17F3N2O2/c1-2-12-9(5-6-21-12)13(20)19-8-3-4-11(18)10(7-8)14(15,16)17/h3-4,7,9,12H,2,5-6,18H2,1H3,(H,19,20).